The van der Waals surface area contributed by atoms with Crippen LogP contribution in [-0.2, 0) is 11.3 Å². The zero-order valence-corrected chi connectivity index (χ0v) is 17.4. The summed E-state index contributed by atoms with van der Waals surface area (Å²) in [5, 5.41) is 3.77. The summed E-state index contributed by atoms with van der Waals surface area (Å²) in [4.78, 5) is 12.4. The number of hydrogen-bond donors (Lipinski definition) is 3. The maximum atomic E-state index is 12.4. The minimum atomic E-state index is -0.260. The molecule has 0 aliphatic heterocycles. The number of ether oxygens (including phenoxy) is 2. The van der Waals surface area contributed by atoms with E-state index in [1.54, 1.807) is 25.3 Å². The highest BCUT2D eigenvalue weighted by Gasteiger charge is 2.27. The fraction of sp³-hybridized carbons (Fsp3) is 0.600. The van der Waals surface area contributed by atoms with E-state index in [2.05, 4.69) is 30.0 Å². The van der Waals surface area contributed by atoms with Crippen molar-refractivity contribution in [2.45, 2.75) is 52.7 Å². The third-order valence-electron chi connectivity index (χ3n) is 5.32. The highest BCUT2D eigenvalue weighted by atomic mass is 32.1. The van der Waals surface area contributed by atoms with Crippen LogP contribution in [0.1, 0.15) is 56.0 Å². The molecule has 0 saturated heterocycles. The Morgan fingerprint density at radius 1 is 1.26 bits per heavy atom. The number of carbonyl (C=O) groups excluding carboxylic acids is 1. The van der Waals surface area contributed by atoms with Crippen LogP contribution in [-0.4, -0.2) is 30.8 Å². The van der Waals surface area contributed by atoms with E-state index >= 15 is 0 Å². The molecule has 6 nitrogen and oxygen atoms in total. The molecule has 1 aromatic carbocycles. The van der Waals surface area contributed by atoms with Crippen LogP contribution in [0.2, 0.25) is 0 Å². The summed E-state index contributed by atoms with van der Waals surface area (Å²) in [5.41, 5.74) is 6.82. The zero-order chi connectivity index (χ0) is 19.8. The van der Waals surface area contributed by atoms with Gasteiger partial charge in [0.1, 0.15) is 5.75 Å². The van der Waals surface area contributed by atoms with E-state index in [-0.39, 0.29) is 5.91 Å². The van der Waals surface area contributed by atoms with Crippen LogP contribution in [0.4, 0.5) is 0 Å². The van der Waals surface area contributed by atoms with Crippen LogP contribution < -0.4 is 20.9 Å². The van der Waals surface area contributed by atoms with Gasteiger partial charge in [-0.25, -0.2) is 0 Å². The molecular formula is C20H31N3O3S. The van der Waals surface area contributed by atoms with Crippen LogP contribution in [0.5, 0.6) is 5.75 Å². The van der Waals surface area contributed by atoms with Crippen molar-refractivity contribution in [2.24, 2.45) is 11.8 Å². The molecule has 1 aliphatic carbocycles. The molecular weight excluding hydrogens is 362 g/mol. The number of rotatable bonds is 6. The number of hydrogen-bond acceptors (Lipinski definition) is 4. The van der Waals surface area contributed by atoms with Gasteiger partial charge in [-0.15, -0.1) is 0 Å². The van der Waals surface area contributed by atoms with Crippen LogP contribution in [0.25, 0.3) is 0 Å². The average Bonchev–Trinajstić information content (AvgIpc) is 2.67. The van der Waals surface area contributed by atoms with Crippen LogP contribution in [0.15, 0.2) is 18.2 Å². The molecule has 7 heteroatoms. The van der Waals surface area contributed by atoms with Gasteiger partial charge in [0.2, 0.25) is 0 Å². The van der Waals surface area contributed by atoms with Gasteiger partial charge >= 0.3 is 0 Å². The molecule has 3 N–H and O–H groups in total. The quantitative estimate of drug-likeness (QED) is 0.509. The summed E-state index contributed by atoms with van der Waals surface area (Å²) >= 11 is 5.34. The Balaban J connectivity index is 1.90. The van der Waals surface area contributed by atoms with E-state index in [0.717, 1.165) is 12.0 Å². The number of amides is 1. The van der Waals surface area contributed by atoms with Gasteiger partial charge in [-0.1, -0.05) is 26.7 Å². The number of methoxy groups -OCH3 is 1. The SMILES string of the molecule is CCOCc1cc(C(=O)NNC(=S)N[C@@H]2CCC[C@@H](C)[C@@H]2C)ccc1OC. The molecule has 0 spiro atoms. The molecule has 2 rings (SSSR count). The summed E-state index contributed by atoms with van der Waals surface area (Å²) < 4.78 is 10.8. The second kappa shape index (κ2) is 10.5. The number of benzene rings is 1. The molecule has 1 fully saturated rings. The van der Waals surface area contributed by atoms with Crippen molar-refractivity contribution in [3.05, 3.63) is 29.3 Å². The maximum absolute atomic E-state index is 12.4. The number of thiocarbonyl (C=S) groups is 1. The summed E-state index contributed by atoms with van der Waals surface area (Å²) in [6.45, 7) is 7.44. The summed E-state index contributed by atoms with van der Waals surface area (Å²) in [7, 11) is 1.60. The molecule has 0 radical (unpaired) electrons. The van der Waals surface area contributed by atoms with Crippen molar-refractivity contribution in [3.8, 4) is 5.75 Å². The van der Waals surface area contributed by atoms with E-state index in [1.807, 2.05) is 6.92 Å². The van der Waals surface area contributed by atoms with Crippen molar-refractivity contribution in [2.75, 3.05) is 13.7 Å². The molecule has 1 aromatic rings. The van der Waals surface area contributed by atoms with Crippen LogP contribution >= 0.6 is 12.2 Å². The van der Waals surface area contributed by atoms with Crippen molar-refractivity contribution < 1.29 is 14.3 Å². The minimum absolute atomic E-state index is 0.260. The Morgan fingerprint density at radius 2 is 2.04 bits per heavy atom. The topological polar surface area (TPSA) is 71.6 Å². The average molecular weight is 394 g/mol. The molecule has 150 valence electrons. The molecule has 0 heterocycles. The number of carbonyl (C=O) groups is 1. The number of nitrogens with one attached hydrogen (secondary N) is 3. The predicted molar refractivity (Wildman–Crippen MR) is 111 cm³/mol. The monoisotopic (exact) mass is 393 g/mol. The normalized spacial score (nSPS) is 22.0. The first-order valence-electron chi connectivity index (χ1n) is 9.57. The Bertz CT molecular complexity index is 653. The van der Waals surface area contributed by atoms with E-state index in [9.17, 15) is 4.79 Å². The molecule has 1 saturated carbocycles. The van der Waals surface area contributed by atoms with Gasteiger partial charge in [0.15, 0.2) is 5.11 Å². The van der Waals surface area contributed by atoms with Gasteiger partial charge in [0.05, 0.1) is 13.7 Å². The Labute approximate surface area is 167 Å². The first-order chi connectivity index (χ1) is 13.0. The first-order valence-corrected chi connectivity index (χ1v) is 9.98. The fourth-order valence-electron chi connectivity index (χ4n) is 3.42. The second-order valence-corrected chi connectivity index (χ2v) is 7.50. The van der Waals surface area contributed by atoms with Gasteiger partial charge in [-0.3, -0.25) is 15.6 Å². The minimum Gasteiger partial charge on any atom is -0.496 e. The first kappa shape index (κ1) is 21.4. The molecule has 0 aromatic heterocycles. The summed E-state index contributed by atoms with van der Waals surface area (Å²) in [6, 6.07) is 5.59. The lowest BCUT2D eigenvalue weighted by atomic mass is 9.78. The van der Waals surface area contributed by atoms with Crippen molar-refractivity contribution in [3.63, 3.8) is 0 Å². The predicted octanol–water partition coefficient (Wildman–Crippen LogP) is 3.17. The molecule has 3 atom stereocenters. The van der Waals surface area contributed by atoms with Crippen molar-refractivity contribution in [1.29, 1.82) is 0 Å². The zero-order valence-electron chi connectivity index (χ0n) is 16.6. The van der Waals surface area contributed by atoms with E-state index in [4.69, 9.17) is 21.7 Å². The highest BCUT2D eigenvalue weighted by Crippen LogP contribution is 2.29. The lowest BCUT2D eigenvalue weighted by Crippen LogP contribution is -2.52. The lowest BCUT2D eigenvalue weighted by molar-refractivity contribution is 0.0942. The van der Waals surface area contributed by atoms with E-state index < -0.39 is 0 Å². The smallest absolute Gasteiger partial charge is 0.269 e. The van der Waals surface area contributed by atoms with Gasteiger partial charge in [0.25, 0.3) is 5.91 Å². The van der Waals surface area contributed by atoms with E-state index in [0.29, 0.717) is 47.5 Å². The molecule has 1 aliphatic rings. The Kier molecular flexibility index (Phi) is 8.31. The van der Waals surface area contributed by atoms with Gasteiger partial charge in [0, 0.05) is 23.8 Å². The molecule has 27 heavy (non-hydrogen) atoms. The third-order valence-corrected chi connectivity index (χ3v) is 5.54. The second-order valence-electron chi connectivity index (χ2n) is 7.09. The molecule has 0 bridgehead atoms. The summed E-state index contributed by atoms with van der Waals surface area (Å²) in [6.07, 6.45) is 3.56. The highest BCUT2D eigenvalue weighted by molar-refractivity contribution is 7.80. The van der Waals surface area contributed by atoms with Gasteiger partial charge in [-0.05, 0) is 55.6 Å². The Hall–Kier alpha value is -1.86. The van der Waals surface area contributed by atoms with Crippen molar-refractivity contribution >= 4 is 23.2 Å². The molecule has 1 amide bonds. The van der Waals surface area contributed by atoms with Gasteiger partial charge < -0.3 is 14.8 Å². The van der Waals surface area contributed by atoms with E-state index in [1.165, 1.54) is 12.8 Å². The van der Waals surface area contributed by atoms with Crippen molar-refractivity contribution in [1.82, 2.24) is 16.2 Å². The van der Waals surface area contributed by atoms with Crippen LogP contribution in [0.3, 0.4) is 0 Å². The fourth-order valence-corrected chi connectivity index (χ4v) is 3.62. The summed E-state index contributed by atoms with van der Waals surface area (Å²) in [5.74, 6) is 1.67. The maximum Gasteiger partial charge on any atom is 0.269 e. The third kappa shape index (κ3) is 6.07. The largest absolute Gasteiger partial charge is 0.496 e. The number of hydrazine groups is 1. The van der Waals surface area contributed by atoms with Gasteiger partial charge in [-0.2, -0.15) is 0 Å². The lowest BCUT2D eigenvalue weighted by Gasteiger charge is -2.35. The molecule has 0 unspecified atom stereocenters. The standard InChI is InChI=1S/C20H31N3O3S/c1-5-26-12-16-11-15(9-10-18(16)25-4)19(24)22-23-20(27)21-17-8-6-7-13(2)14(17)3/h9-11,13-14,17H,5-8,12H2,1-4H3,(H,22,24)(H2,21,23,27)/t13-,14+,17-/m1/s1. The Morgan fingerprint density at radius 3 is 2.74 bits per heavy atom. The van der Waals surface area contributed by atoms with Crippen LogP contribution in [0, 0.1) is 11.8 Å².